The molecule has 2 N–H and O–H groups in total. The van der Waals surface area contributed by atoms with Crippen molar-refractivity contribution in [1.82, 2.24) is 10.4 Å². The molecule has 0 spiro atoms. The maximum absolute atomic E-state index is 11.7. The third-order valence-corrected chi connectivity index (χ3v) is 2.98. The van der Waals surface area contributed by atoms with Crippen LogP contribution in [0.4, 0.5) is 0 Å². The number of rotatable bonds is 4. The van der Waals surface area contributed by atoms with Crippen molar-refractivity contribution in [2.24, 2.45) is 5.10 Å². The second-order valence-electron chi connectivity index (χ2n) is 4.23. The first kappa shape index (κ1) is 14.3. The molecule has 1 aromatic heterocycles. The van der Waals surface area contributed by atoms with Crippen LogP contribution in [-0.4, -0.2) is 17.1 Å². The van der Waals surface area contributed by atoms with Gasteiger partial charge in [-0.3, -0.25) is 4.79 Å². The third-order valence-electron chi connectivity index (χ3n) is 2.52. The number of benzene rings is 1. The van der Waals surface area contributed by atoms with Crippen molar-refractivity contribution in [2.75, 3.05) is 0 Å². The molecule has 1 heterocycles. The normalized spacial score (nSPS) is 11.8. The highest BCUT2D eigenvalue weighted by Crippen LogP contribution is 2.10. The number of amides is 1. The summed E-state index contributed by atoms with van der Waals surface area (Å²) in [7, 11) is 0. The molecule has 0 saturated carbocycles. The number of nitrogens with one attached hydrogen (secondary N) is 2. The Balaban J connectivity index is 1.93. The van der Waals surface area contributed by atoms with Crippen molar-refractivity contribution in [2.45, 2.75) is 6.92 Å². The lowest BCUT2D eigenvalue weighted by Crippen LogP contribution is -2.17. The van der Waals surface area contributed by atoms with E-state index >= 15 is 0 Å². The van der Waals surface area contributed by atoms with E-state index < -0.39 is 0 Å². The first-order valence-corrected chi connectivity index (χ1v) is 6.85. The van der Waals surface area contributed by atoms with Crippen molar-refractivity contribution in [3.05, 3.63) is 63.9 Å². The van der Waals surface area contributed by atoms with Crippen LogP contribution in [0.15, 0.2) is 57.7 Å². The number of nitrogens with zero attached hydrogens (tertiary/aromatic N) is 1. The van der Waals surface area contributed by atoms with E-state index in [1.165, 1.54) is 0 Å². The summed E-state index contributed by atoms with van der Waals surface area (Å²) in [5, 5.41) is 3.92. The summed E-state index contributed by atoms with van der Waals surface area (Å²) in [6.45, 7) is 1.92. The number of aromatic amines is 1. The molecule has 5 heteroatoms. The van der Waals surface area contributed by atoms with Gasteiger partial charge in [0.1, 0.15) is 5.69 Å². The van der Waals surface area contributed by atoms with Crippen LogP contribution in [0.25, 0.3) is 6.08 Å². The average Bonchev–Trinajstić information content (AvgIpc) is 2.86. The summed E-state index contributed by atoms with van der Waals surface area (Å²) in [6, 6.07) is 11.6. The SMILES string of the molecule is CC(/C=N\NC(=O)c1cc(Br)c[nH]1)=C\c1ccccc1. The molecule has 4 nitrogen and oxygen atoms in total. The summed E-state index contributed by atoms with van der Waals surface area (Å²) in [5.41, 5.74) is 4.97. The number of halogens is 1. The second kappa shape index (κ2) is 6.86. The van der Waals surface area contributed by atoms with Crippen LogP contribution >= 0.6 is 15.9 Å². The molecule has 0 aliphatic heterocycles. The number of aromatic nitrogens is 1. The molecule has 1 aromatic carbocycles. The Morgan fingerprint density at radius 3 is 2.75 bits per heavy atom. The molecule has 0 atom stereocenters. The van der Waals surface area contributed by atoms with Crippen molar-refractivity contribution >= 4 is 34.1 Å². The minimum absolute atomic E-state index is 0.278. The molecule has 1 amide bonds. The van der Waals surface area contributed by atoms with Gasteiger partial charge in [0.25, 0.3) is 5.91 Å². The molecule has 0 unspecified atom stereocenters. The molecule has 2 rings (SSSR count). The zero-order chi connectivity index (χ0) is 14.4. The van der Waals surface area contributed by atoms with E-state index in [2.05, 4.69) is 31.4 Å². The van der Waals surface area contributed by atoms with Gasteiger partial charge >= 0.3 is 0 Å². The lowest BCUT2D eigenvalue weighted by atomic mass is 10.1. The van der Waals surface area contributed by atoms with E-state index in [1.54, 1.807) is 18.5 Å². The number of allylic oxidation sites excluding steroid dienone is 1. The van der Waals surface area contributed by atoms with Crippen LogP contribution in [0.5, 0.6) is 0 Å². The lowest BCUT2D eigenvalue weighted by molar-refractivity contribution is 0.0951. The number of hydrazone groups is 1. The molecule has 102 valence electrons. The molecular formula is C15H14BrN3O. The Morgan fingerprint density at radius 1 is 1.35 bits per heavy atom. The van der Waals surface area contributed by atoms with Crippen LogP contribution in [0.3, 0.4) is 0 Å². The largest absolute Gasteiger partial charge is 0.356 e. The molecule has 20 heavy (non-hydrogen) atoms. The van der Waals surface area contributed by atoms with Gasteiger partial charge in [-0.2, -0.15) is 5.10 Å². The minimum Gasteiger partial charge on any atom is -0.356 e. The molecule has 0 aliphatic rings. The van der Waals surface area contributed by atoms with Gasteiger partial charge in [-0.25, -0.2) is 5.43 Å². The summed E-state index contributed by atoms with van der Waals surface area (Å²) < 4.78 is 0.826. The van der Waals surface area contributed by atoms with Gasteiger partial charge in [0.15, 0.2) is 0 Å². The van der Waals surface area contributed by atoms with Crippen molar-refractivity contribution < 1.29 is 4.79 Å². The predicted molar refractivity (Wildman–Crippen MR) is 84.5 cm³/mol. The fourth-order valence-corrected chi connectivity index (χ4v) is 1.94. The number of carbonyl (C=O) groups excluding carboxylic acids is 1. The summed E-state index contributed by atoms with van der Waals surface area (Å²) in [6.07, 6.45) is 5.29. The Morgan fingerprint density at radius 2 is 2.10 bits per heavy atom. The Labute approximate surface area is 125 Å². The number of hydrogen-bond donors (Lipinski definition) is 2. The van der Waals surface area contributed by atoms with Crippen LogP contribution in [0, 0.1) is 0 Å². The zero-order valence-corrected chi connectivity index (χ0v) is 12.5. The first-order valence-electron chi connectivity index (χ1n) is 6.06. The fourth-order valence-electron chi connectivity index (χ4n) is 1.60. The number of carbonyl (C=O) groups is 1. The topological polar surface area (TPSA) is 57.2 Å². The zero-order valence-electron chi connectivity index (χ0n) is 10.9. The molecule has 0 radical (unpaired) electrons. The van der Waals surface area contributed by atoms with Gasteiger partial charge < -0.3 is 4.98 Å². The van der Waals surface area contributed by atoms with E-state index in [-0.39, 0.29) is 5.91 Å². The Kier molecular flexibility index (Phi) is 4.90. The van der Waals surface area contributed by atoms with Crippen LogP contribution < -0.4 is 5.43 Å². The monoisotopic (exact) mass is 331 g/mol. The highest BCUT2D eigenvalue weighted by atomic mass is 79.9. The Bertz CT molecular complexity index is 644. The van der Waals surface area contributed by atoms with Crippen molar-refractivity contribution in [3.63, 3.8) is 0 Å². The summed E-state index contributed by atoms with van der Waals surface area (Å²) in [4.78, 5) is 14.5. The van der Waals surface area contributed by atoms with Crippen LogP contribution in [-0.2, 0) is 0 Å². The van der Waals surface area contributed by atoms with Gasteiger partial charge in [-0.1, -0.05) is 36.4 Å². The Hall–Kier alpha value is -2.14. The minimum atomic E-state index is -0.278. The van der Waals surface area contributed by atoms with Crippen molar-refractivity contribution in [1.29, 1.82) is 0 Å². The van der Waals surface area contributed by atoms with Gasteiger partial charge in [-0.05, 0) is 40.1 Å². The van der Waals surface area contributed by atoms with Crippen LogP contribution in [0.2, 0.25) is 0 Å². The van der Waals surface area contributed by atoms with E-state index in [0.29, 0.717) is 5.69 Å². The summed E-state index contributed by atoms with van der Waals surface area (Å²) in [5.74, 6) is -0.278. The maximum atomic E-state index is 11.7. The van der Waals surface area contributed by atoms with Crippen molar-refractivity contribution in [3.8, 4) is 0 Å². The maximum Gasteiger partial charge on any atom is 0.287 e. The van der Waals surface area contributed by atoms with Gasteiger partial charge in [0, 0.05) is 10.7 Å². The summed E-state index contributed by atoms with van der Waals surface area (Å²) >= 11 is 3.27. The first-order chi connectivity index (χ1) is 9.65. The average molecular weight is 332 g/mol. The molecule has 0 saturated heterocycles. The van der Waals surface area contributed by atoms with Gasteiger partial charge in [0.05, 0.1) is 6.21 Å². The highest BCUT2D eigenvalue weighted by Gasteiger charge is 2.05. The van der Waals surface area contributed by atoms with Gasteiger partial charge in [0.2, 0.25) is 0 Å². The predicted octanol–water partition coefficient (Wildman–Crippen LogP) is 3.60. The molecule has 0 bridgehead atoms. The van der Waals surface area contributed by atoms with E-state index in [1.807, 2.05) is 43.3 Å². The second-order valence-corrected chi connectivity index (χ2v) is 5.15. The highest BCUT2D eigenvalue weighted by molar-refractivity contribution is 9.10. The number of H-pyrrole nitrogens is 1. The van der Waals surface area contributed by atoms with E-state index in [0.717, 1.165) is 15.6 Å². The molecule has 0 fully saturated rings. The number of hydrogen-bond acceptors (Lipinski definition) is 2. The molecular weight excluding hydrogens is 318 g/mol. The fraction of sp³-hybridized carbons (Fsp3) is 0.0667. The smallest absolute Gasteiger partial charge is 0.287 e. The quantitative estimate of drug-likeness (QED) is 0.652. The standard InChI is InChI=1S/C15H14BrN3O/c1-11(7-12-5-3-2-4-6-12)9-18-19-15(20)14-8-13(16)10-17-14/h2-10,17H,1H3,(H,19,20)/b11-7+,18-9-. The molecule has 2 aromatic rings. The lowest BCUT2D eigenvalue weighted by Gasteiger charge is -1.97. The van der Waals surface area contributed by atoms with Gasteiger partial charge in [-0.15, -0.1) is 0 Å². The van der Waals surface area contributed by atoms with E-state index in [4.69, 9.17) is 0 Å². The van der Waals surface area contributed by atoms with E-state index in [9.17, 15) is 4.79 Å². The third kappa shape index (κ3) is 4.20. The molecule has 0 aliphatic carbocycles. The van der Waals surface area contributed by atoms with Crippen LogP contribution in [0.1, 0.15) is 23.0 Å².